The van der Waals surface area contributed by atoms with Crippen LogP contribution in [0.15, 0.2) is 60.8 Å². The summed E-state index contributed by atoms with van der Waals surface area (Å²) in [5, 5.41) is 11.6. The van der Waals surface area contributed by atoms with Crippen LogP contribution in [0.1, 0.15) is 26.6 Å². The Kier molecular flexibility index (Phi) is 6.34. The summed E-state index contributed by atoms with van der Waals surface area (Å²) in [5.41, 5.74) is 2.68. The van der Waals surface area contributed by atoms with Crippen LogP contribution in [-0.2, 0) is 17.8 Å². The lowest BCUT2D eigenvalue weighted by Crippen LogP contribution is -2.15. The maximum atomic E-state index is 12.9. The molecule has 0 aliphatic carbocycles. The van der Waals surface area contributed by atoms with Crippen LogP contribution in [0.5, 0.6) is 5.75 Å². The molecule has 2 heterocycles. The molecule has 158 valence electrons. The minimum atomic E-state index is -0.382. The summed E-state index contributed by atoms with van der Waals surface area (Å²) >= 11 is 1.43. The smallest absolute Gasteiger partial charge is 0.280 e. The largest absolute Gasteiger partial charge is 0.497 e. The summed E-state index contributed by atoms with van der Waals surface area (Å²) in [4.78, 5) is 18.3. The first-order valence-electron chi connectivity index (χ1n) is 9.56. The van der Waals surface area contributed by atoms with E-state index in [9.17, 15) is 4.79 Å². The molecule has 2 aromatic carbocycles. The highest BCUT2D eigenvalue weighted by atomic mass is 32.1. The average molecular weight is 436 g/mol. The van der Waals surface area contributed by atoms with Crippen molar-refractivity contribution in [1.82, 2.24) is 20.0 Å². The first kappa shape index (κ1) is 20.7. The van der Waals surface area contributed by atoms with Crippen molar-refractivity contribution in [2.45, 2.75) is 13.0 Å². The molecule has 0 bridgehead atoms. The van der Waals surface area contributed by atoms with E-state index in [1.807, 2.05) is 42.5 Å². The van der Waals surface area contributed by atoms with E-state index >= 15 is 0 Å². The lowest BCUT2D eigenvalue weighted by Gasteiger charge is -2.08. The normalized spacial score (nSPS) is 10.8. The average Bonchev–Trinajstić information content (AvgIpc) is 3.42. The van der Waals surface area contributed by atoms with E-state index in [-0.39, 0.29) is 18.2 Å². The van der Waals surface area contributed by atoms with Crippen LogP contribution in [0.4, 0.5) is 5.13 Å². The topological polar surface area (TPSA) is 91.2 Å². The predicted molar refractivity (Wildman–Crippen MR) is 118 cm³/mol. The zero-order chi connectivity index (χ0) is 21.6. The van der Waals surface area contributed by atoms with Crippen LogP contribution in [0.2, 0.25) is 0 Å². The van der Waals surface area contributed by atoms with Crippen molar-refractivity contribution in [3.8, 4) is 11.4 Å². The number of hydrogen-bond donors (Lipinski definition) is 1. The molecule has 8 nitrogen and oxygen atoms in total. The molecular formula is C22H21N5O3S. The van der Waals surface area contributed by atoms with Crippen molar-refractivity contribution in [2.75, 3.05) is 19.5 Å². The van der Waals surface area contributed by atoms with E-state index in [0.29, 0.717) is 10.8 Å². The third kappa shape index (κ3) is 4.79. The summed E-state index contributed by atoms with van der Waals surface area (Å²) in [6.07, 6.45) is 2.54. The fraction of sp³-hybridized carbons (Fsp3) is 0.182. The molecule has 0 aliphatic heterocycles. The molecule has 0 saturated carbocycles. The van der Waals surface area contributed by atoms with Crippen molar-refractivity contribution < 1.29 is 14.3 Å². The van der Waals surface area contributed by atoms with E-state index < -0.39 is 0 Å². The molecule has 2 aromatic heterocycles. The molecule has 1 amide bonds. The van der Waals surface area contributed by atoms with Gasteiger partial charge in [-0.05, 0) is 29.8 Å². The van der Waals surface area contributed by atoms with E-state index in [0.717, 1.165) is 22.7 Å². The molecule has 0 unspecified atom stereocenters. The monoisotopic (exact) mass is 435 g/mol. The fourth-order valence-corrected chi connectivity index (χ4v) is 3.92. The quantitative estimate of drug-likeness (QED) is 0.454. The van der Waals surface area contributed by atoms with Crippen molar-refractivity contribution in [2.24, 2.45) is 0 Å². The summed E-state index contributed by atoms with van der Waals surface area (Å²) in [6, 6.07) is 17.4. The lowest BCUT2D eigenvalue weighted by atomic mass is 10.1. The predicted octanol–water partition coefficient (Wildman–Crippen LogP) is 3.72. The van der Waals surface area contributed by atoms with Gasteiger partial charge in [0.05, 0.1) is 19.4 Å². The number of thiazole rings is 1. The molecule has 0 aliphatic rings. The Hall–Kier alpha value is -3.56. The van der Waals surface area contributed by atoms with Gasteiger partial charge in [-0.2, -0.15) is 0 Å². The number of amides is 1. The number of anilines is 1. The maximum Gasteiger partial charge on any atom is 0.280 e. The van der Waals surface area contributed by atoms with Gasteiger partial charge in [0.2, 0.25) is 0 Å². The van der Waals surface area contributed by atoms with E-state index in [1.54, 1.807) is 25.1 Å². The number of nitrogens with one attached hydrogen (secondary N) is 1. The first-order valence-corrected chi connectivity index (χ1v) is 10.4. The van der Waals surface area contributed by atoms with Gasteiger partial charge in [0.25, 0.3) is 5.91 Å². The molecule has 0 fully saturated rings. The Morgan fingerprint density at radius 3 is 2.58 bits per heavy atom. The van der Waals surface area contributed by atoms with Crippen LogP contribution in [0.25, 0.3) is 5.69 Å². The number of carbonyl (C=O) groups excluding carboxylic acids is 1. The second-order valence-electron chi connectivity index (χ2n) is 6.68. The number of aromatic nitrogens is 4. The molecule has 4 rings (SSSR count). The van der Waals surface area contributed by atoms with Gasteiger partial charge >= 0.3 is 0 Å². The molecule has 0 radical (unpaired) electrons. The summed E-state index contributed by atoms with van der Waals surface area (Å²) in [7, 11) is 3.16. The number of hydrogen-bond acceptors (Lipinski definition) is 7. The Bertz CT molecular complexity index is 1160. The zero-order valence-electron chi connectivity index (χ0n) is 17.1. The standard InChI is InChI=1S/C22H21N5O3S/c1-29-14-19-20(25-26-27(19)16-8-10-17(30-2)11-9-16)21(28)24-22-23-13-18(31-22)12-15-6-4-3-5-7-15/h3-11,13H,12,14H2,1-2H3,(H,23,24,28). The van der Waals surface area contributed by atoms with Gasteiger partial charge in [-0.25, -0.2) is 9.67 Å². The van der Waals surface area contributed by atoms with Gasteiger partial charge in [-0.1, -0.05) is 35.5 Å². The molecule has 31 heavy (non-hydrogen) atoms. The van der Waals surface area contributed by atoms with Crippen LogP contribution in [-0.4, -0.2) is 40.1 Å². The number of nitrogens with zero attached hydrogens (tertiary/aromatic N) is 4. The van der Waals surface area contributed by atoms with Gasteiger partial charge in [0.15, 0.2) is 10.8 Å². The fourth-order valence-electron chi connectivity index (χ4n) is 3.08. The number of rotatable bonds is 8. The Balaban J connectivity index is 1.52. The van der Waals surface area contributed by atoms with Crippen molar-refractivity contribution >= 4 is 22.4 Å². The lowest BCUT2D eigenvalue weighted by molar-refractivity contribution is 0.101. The van der Waals surface area contributed by atoms with Crippen molar-refractivity contribution in [3.05, 3.63) is 82.6 Å². The van der Waals surface area contributed by atoms with Gasteiger partial charge < -0.3 is 9.47 Å². The minimum Gasteiger partial charge on any atom is -0.497 e. The summed E-state index contributed by atoms with van der Waals surface area (Å²) in [6.45, 7) is 0.179. The SMILES string of the molecule is COCc1c(C(=O)Nc2ncc(Cc3ccccc3)s2)nnn1-c1ccc(OC)cc1. The highest BCUT2D eigenvalue weighted by molar-refractivity contribution is 7.15. The first-order chi connectivity index (χ1) is 15.2. The highest BCUT2D eigenvalue weighted by Crippen LogP contribution is 2.23. The van der Waals surface area contributed by atoms with E-state index in [2.05, 4.69) is 32.7 Å². The molecule has 9 heteroatoms. The minimum absolute atomic E-state index is 0.179. The van der Waals surface area contributed by atoms with Crippen LogP contribution >= 0.6 is 11.3 Å². The zero-order valence-corrected chi connectivity index (χ0v) is 17.9. The van der Waals surface area contributed by atoms with Crippen LogP contribution < -0.4 is 10.1 Å². The van der Waals surface area contributed by atoms with Crippen LogP contribution in [0.3, 0.4) is 0 Å². The molecule has 1 N–H and O–H groups in total. The number of carbonyl (C=O) groups is 1. The summed E-state index contributed by atoms with van der Waals surface area (Å²) in [5.74, 6) is 0.345. The molecular weight excluding hydrogens is 414 g/mol. The second kappa shape index (κ2) is 9.50. The second-order valence-corrected chi connectivity index (χ2v) is 7.79. The number of benzene rings is 2. The van der Waals surface area contributed by atoms with E-state index in [1.165, 1.54) is 16.9 Å². The van der Waals surface area contributed by atoms with Crippen molar-refractivity contribution in [1.29, 1.82) is 0 Å². The third-order valence-electron chi connectivity index (χ3n) is 4.57. The maximum absolute atomic E-state index is 12.9. The van der Waals surface area contributed by atoms with E-state index in [4.69, 9.17) is 9.47 Å². The van der Waals surface area contributed by atoms with Gasteiger partial charge in [0, 0.05) is 24.6 Å². The van der Waals surface area contributed by atoms with Gasteiger partial charge in [-0.3, -0.25) is 10.1 Å². The Labute approximate surface area is 183 Å². The molecule has 0 spiro atoms. The third-order valence-corrected chi connectivity index (χ3v) is 5.48. The molecule has 0 saturated heterocycles. The molecule has 4 aromatic rings. The number of methoxy groups -OCH3 is 2. The summed E-state index contributed by atoms with van der Waals surface area (Å²) < 4.78 is 12.1. The highest BCUT2D eigenvalue weighted by Gasteiger charge is 2.21. The molecule has 0 atom stereocenters. The Morgan fingerprint density at radius 1 is 1.10 bits per heavy atom. The Morgan fingerprint density at radius 2 is 1.87 bits per heavy atom. The van der Waals surface area contributed by atoms with Gasteiger partial charge in [0.1, 0.15) is 11.4 Å². The van der Waals surface area contributed by atoms with Crippen LogP contribution in [0, 0.1) is 0 Å². The van der Waals surface area contributed by atoms with Gasteiger partial charge in [-0.15, -0.1) is 16.4 Å². The van der Waals surface area contributed by atoms with Crippen molar-refractivity contribution in [3.63, 3.8) is 0 Å². The number of ether oxygens (including phenoxy) is 2.